The minimum Gasteiger partial charge on any atom is -0.379 e. The molecule has 0 aliphatic rings. The molecule has 0 saturated carbocycles. The van der Waals surface area contributed by atoms with Gasteiger partial charge >= 0.3 is 0 Å². The zero-order valence-corrected chi connectivity index (χ0v) is 10.5. The van der Waals surface area contributed by atoms with Gasteiger partial charge in [-0.05, 0) is 27.2 Å². The molecule has 1 rings (SSSR count). The Morgan fingerprint density at radius 1 is 1.56 bits per heavy atom. The Morgan fingerprint density at radius 2 is 2.31 bits per heavy atom. The van der Waals surface area contributed by atoms with E-state index in [-0.39, 0.29) is 5.60 Å². The topological polar surface area (TPSA) is 60.2 Å². The third kappa shape index (κ3) is 4.72. The van der Waals surface area contributed by atoms with Crippen LogP contribution >= 0.6 is 0 Å². The Balaban J connectivity index is 2.18. The molecule has 5 nitrogen and oxygen atoms in total. The van der Waals surface area contributed by atoms with Crippen molar-refractivity contribution < 1.29 is 9.26 Å². The second-order valence-corrected chi connectivity index (χ2v) is 4.62. The van der Waals surface area contributed by atoms with Crippen molar-refractivity contribution in [3.63, 3.8) is 0 Å². The number of ether oxygens (including phenoxy) is 1. The third-order valence-electron chi connectivity index (χ3n) is 2.60. The average molecular weight is 227 g/mol. The minimum absolute atomic E-state index is 0.0848. The molecule has 0 bridgehead atoms. The summed E-state index contributed by atoms with van der Waals surface area (Å²) in [6.45, 7) is 7.17. The maximum atomic E-state index is 5.38. The van der Waals surface area contributed by atoms with Gasteiger partial charge in [0.2, 0.25) is 6.39 Å². The summed E-state index contributed by atoms with van der Waals surface area (Å²) in [7, 11) is 1.74. The largest absolute Gasteiger partial charge is 0.379 e. The predicted molar refractivity (Wildman–Crippen MR) is 61.2 cm³/mol. The molecule has 1 aromatic heterocycles. The smallest absolute Gasteiger partial charge is 0.213 e. The standard InChI is InChI=1S/C11H21N3O2/c1-9(7-11(2,3)15-4)12-6-5-10-13-8-16-14-10/h8-9,12H,5-7H2,1-4H3. The van der Waals surface area contributed by atoms with E-state index in [0.717, 1.165) is 25.2 Å². The molecule has 0 saturated heterocycles. The van der Waals surface area contributed by atoms with Crippen LogP contribution < -0.4 is 5.32 Å². The molecule has 1 unspecified atom stereocenters. The van der Waals surface area contributed by atoms with E-state index in [1.165, 1.54) is 6.39 Å². The van der Waals surface area contributed by atoms with E-state index in [4.69, 9.17) is 4.74 Å². The molecular formula is C11H21N3O2. The van der Waals surface area contributed by atoms with Crippen molar-refractivity contribution in [3.05, 3.63) is 12.2 Å². The predicted octanol–water partition coefficient (Wildman–Crippen LogP) is 1.41. The number of aromatic nitrogens is 2. The van der Waals surface area contributed by atoms with Crippen LogP contribution in [0.1, 0.15) is 33.0 Å². The van der Waals surface area contributed by atoms with Crippen LogP contribution in [0.15, 0.2) is 10.9 Å². The molecule has 0 aromatic carbocycles. The van der Waals surface area contributed by atoms with Crippen molar-refractivity contribution in [1.29, 1.82) is 0 Å². The molecule has 1 N–H and O–H groups in total. The van der Waals surface area contributed by atoms with E-state index in [9.17, 15) is 0 Å². The first kappa shape index (κ1) is 13.1. The van der Waals surface area contributed by atoms with E-state index in [1.807, 2.05) is 0 Å². The van der Waals surface area contributed by atoms with Crippen LogP contribution in [-0.4, -0.2) is 35.4 Å². The van der Waals surface area contributed by atoms with Crippen molar-refractivity contribution in [2.75, 3.05) is 13.7 Å². The van der Waals surface area contributed by atoms with E-state index < -0.39 is 0 Å². The fraction of sp³-hybridized carbons (Fsp3) is 0.818. The van der Waals surface area contributed by atoms with Crippen LogP contribution in [0, 0.1) is 0 Å². The van der Waals surface area contributed by atoms with Crippen LogP contribution in [0.4, 0.5) is 0 Å². The summed E-state index contributed by atoms with van der Waals surface area (Å²) in [5.74, 6) is 0.741. The number of hydrogen-bond acceptors (Lipinski definition) is 5. The first-order chi connectivity index (χ1) is 7.53. The fourth-order valence-electron chi connectivity index (χ4n) is 1.63. The molecule has 1 atom stereocenters. The molecule has 0 aliphatic heterocycles. The van der Waals surface area contributed by atoms with Gasteiger partial charge in [0, 0.05) is 26.1 Å². The Morgan fingerprint density at radius 3 is 2.88 bits per heavy atom. The Labute approximate surface area is 96.6 Å². The maximum Gasteiger partial charge on any atom is 0.213 e. The summed E-state index contributed by atoms with van der Waals surface area (Å²) in [6.07, 6.45) is 3.11. The highest BCUT2D eigenvalue weighted by molar-refractivity contribution is 4.81. The van der Waals surface area contributed by atoms with Gasteiger partial charge in [-0.1, -0.05) is 5.16 Å². The number of nitrogens with one attached hydrogen (secondary N) is 1. The van der Waals surface area contributed by atoms with Gasteiger partial charge in [0.05, 0.1) is 5.60 Å². The van der Waals surface area contributed by atoms with E-state index >= 15 is 0 Å². The van der Waals surface area contributed by atoms with E-state index in [1.54, 1.807) is 7.11 Å². The SMILES string of the molecule is COC(C)(C)CC(C)NCCc1ncon1. The van der Waals surface area contributed by atoms with Gasteiger partial charge in [-0.15, -0.1) is 0 Å². The lowest BCUT2D eigenvalue weighted by molar-refractivity contribution is 0.00864. The number of nitrogens with zero attached hydrogens (tertiary/aromatic N) is 2. The minimum atomic E-state index is -0.0848. The molecule has 16 heavy (non-hydrogen) atoms. The Hall–Kier alpha value is -0.940. The van der Waals surface area contributed by atoms with Gasteiger partial charge in [-0.25, -0.2) is 0 Å². The van der Waals surface area contributed by atoms with E-state index in [2.05, 4.69) is 40.8 Å². The van der Waals surface area contributed by atoms with Crippen LogP contribution in [0.5, 0.6) is 0 Å². The molecule has 0 fully saturated rings. The van der Waals surface area contributed by atoms with Crippen LogP contribution in [0.3, 0.4) is 0 Å². The normalized spacial score (nSPS) is 14.0. The molecule has 0 aliphatic carbocycles. The van der Waals surface area contributed by atoms with Crippen molar-refractivity contribution in [3.8, 4) is 0 Å². The van der Waals surface area contributed by atoms with Crippen molar-refractivity contribution in [1.82, 2.24) is 15.5 Å². The highest BCUT2D eigenvalue weighted by Gasteiger charge is 2.19. The van der Waals surface area contributed by atoms with Gasteiger partial charge < -0.3 is 14.6 Å². The lowest BCUT2D eigenvalue weighted by Crippen LogP contribution is -2.36. The van der Waals surface area contributed by atoms with Gasteiger partial charge in [-0.3, -0.25) is 0 Å². The fourth-order valence-corrected chi connectivity index (χ4v) is 1.63. The molecule has 0 radical (unpaired) electrons. The van der Waals surface area contributed by atoms with Crippen molar-refractivity contribution in [2.45, 2.75) is 45.3 Å². The van der Waals surface area contributed by atoms with Crippen molar-refractivity contribution >= 4 is 0 Å². The Bertz CT molecular complexity index is 285. The summed E-state index contributed by atoms with van der Waals surface area (Å²) in [5, 5.41) is 7.16. The summed E-state index contributed by atoms with van der Waals surface area (Å²) in [5.41, 5.74) is -0.0848. The second kappa shape index (κ2) is 5.96. The van der Waals surface area contributed by atoms with Crippen LogP contribution in [0.2, 0.25) is 0 Å². The first-order valence-corrected chi connectivity index (χ1v) is 5.57. The van der Waals surface area contributed by atoms with Gasteiger partial charge in [0.25, 0.3) is 0 Å². The zero-order chi connectivity index (χ0) is 12.0. The molecular weight excluding hydrogens is 206 g/mol. The summed E-state index contributed by atoms with van der Waals surface area (Å²) < 4.78 is 10.0. The highest BCUT2D eigenvalue weighted by atomic mass is 16.5. The molecule has 1 aromatic rings. The van der Waals surface area contributed by atoms with Gasteiger partial charge in [0.15, 0.2) is 5.82 Å². The highest BCUT2D eigenvalue weighted by Crippen LogP contribution is 2.15. The van der Waals surface area contributed by atoms with Crippen LogP contribution in [-0.2, 0) is 11.2 Å². The third-order valence-corrected chi connectivity index (χ3v) is 2.60. The van der Waals surface area contributed by atoms with Crippen LogP contribution in [0.25, 0.3) is 0 Å². The van der Waals surface area contributed by atoms with Gasteiger partial charge in [-0.2, -0.15) is 4.98 Å². The number of rotatable bonds is 7. The molecule has 0 spiro atoms. The van der Waals surface area contributed by atoms with Crippen molar-refractivity contribution in [2.24, 2.45) is 0 Å². The molecule has 1 heterocycles. The number of hydrogen-bond donors (Lipinski definition) is 1. The zero-order valence-electron chi connectivity index (χ0n) is 10.5. The second-order valence-electron chi connectivity index (χ2n) is 4.62. The molecule has 5 heteroatoms. The summed E-state index contributed by atoms with van der Waals surface area (Å²) >= 11 is 0. The average Bonchev–Trinajstić information content (AvgIpc) is 2.70. The monoisotopic (exact) mass is 227 g/mol. The summed E-state index contributed by atoms with van der Waals surface area (Å²) in [6, 6.07) is 0.404. The number of methoxy groups -OCH3 is 1. The quantitative estimate of drug-likeness (QED) is 0.763. The summed E-state index contributed by atoms with van der Waals surface area (Å²) in [4.78, 5) is 3.96. The molecule has 0 amide bonds. The van der Waals surface area contributed by atoms with E-state index in [0.29, 0.717) is 6.04 Å². The first-order valence-electron chi connectivity index (χ1n) is 5.57. The lowest BCUT2D eigenvalue weighted by atomic mass is 10.00. The Kier molecular flexibility index (Phi) is 4.89. The lowest BCUT2D eigenvalue weighted by Gasteiger charge is -2.27. The molecule has 92 valence electrons. The van der Waals surface area contributed by atoms with Gasteiger partial charge in [0.1, 0.15) is 0 Å². The maximum absolute atomic E-state index is 5.38.